The van der Waals surface area contributed by atoms with Gasteiger partial charge in [-0.05, 0) is 33.1 Å². The summed E-state index contributed by atoms with van der Waals surface area (Å²) in [5.74, 6) is -1.38. The van der Waals surface area contributed by atoms with E-state index in [4.69, 9.17) is 4.74 Å². The van der Waals surface area contributed by atoms with E-state index >= 15 is 0 Å². The van der Waals surface area contributed by atoms with Gasteiger partial charge in [-0.3, -0.25) is 20.4 Å². The Morgan fingerprint density at radius 2 is 1.68 bits per heavy atom. The van der Waals surface area contributed by atoms with Crippen LogP contribution in [0.5, 0.6) is 0 Å². The van der Waals surface area contributed by atoms with Crippen molar-refractivity contribution in [3.63, 3.8) is 0 Å². The average Bonchev–Trinajstić information content (AvgIpc) is 2.38. The molecule has 25 heavy (non-hydrogen) atoms. The molecule has 0 fully saturated rings. The number of rotatable bonds is 6. The largest absolute Gasteiger partial charge is 0.444 e. The number of carbonyl (C=O) groups excluding carboxylic acids is 3. The number of hydrogen-bond donors (Lipinski definition) is 3. The SMILES string of the molecule is CC(C)C[C@H](NC(=O)OC(C)(C)C)C(=O)NNC(=O)/C=C/S(C)(=O)=O. The van der Waals surface area contributed by atoms with Gasteiger partial charge >= 0.3 is 6.09 Å². The molecule has 0 aliphatic heterocycles. The number of sulfone groups is 1. The van der Waals surface area contributed by atoms with E-state index in [9.17, 15) is 22.8 Å². The molecule has 1 atom stereocenters. The Morgan fingerprint density at radius 1 is 1.12 bits per heavy atom. The fourth-order valence-corrected chi connectivity index (χ4v) is 1.96. The number of carbonyl (C=O) groups is 3. The quantitative estimate of drug-likeness (QED) is 0.460. The number of amides is 3. The van der Waals surface area contributed by atoms with Gasteiger partial charge in [0.2, 0.25) is 0 Å². The smallest absolute Gasteiger partial charge is 0.408 e. The van der Waals surface area contributed by atoms with Crippen molar-refractivity contribution in [1.82, 2.24) is 16.2 Å². The lowest BCUT2D eigenvalue weighted by Crippen LogP contribution is -2.53. The van der Waals surface area contributed by atoms with E-state index in [1.54, 1.807) is 20.8 Å². The molecule has 10 heteroatoms. The molecule has 0 aromatic rings. The lowest BCUT2D eigenvalue weighted by atomic mass is 10.0. The Hall–Kier alpha value is -2.10. The van der Waals surface area contributed by atoms with Crippen molar-refractivity contribution < 1.29 is 27.5 Å². The van der Waals surface area contributed by atoms with Crippen LogP contribution in [0, 0.1) is 5.92 Å². The fraction of sp³-hybridized carbons (Fsp3) is 0.667. The van der Waals surface area contributed by atoms with Crippen molar-refractivity contribution in [2.45, 2.75) is 52.7 Å². The maximum absolute atomic E-state index is 12.1. The van der Waals surface area contributed by atoms with Crippen LogP contribution < -0.4 is 16.2 Å². The Balaban J connectivity index is 4.77. The Bertz CT molecular complexity index is 620. The van der Waals surface area contributed by atoms with E-state index in [1.807, 2.05) is 19.3 Å². The predicted molar refractivity (Wildman–Crippen MR) is 92.9 cm³/mol. The Labute approximate surface area is 148 Å². The van der Waals surface area contributed by atoms with Gasteiger partial charge in [-0.1, -0.05) is 13.8 Å². The summed E-state index contributed by atoms with van der Waals surface area (Å²) in [5, 5.41) is 3.15. The van der Waals surface area contributed by atoms with Crippen LogP contribution in [0.4, 0.5) is 4.79 Å². The molecule has 0 bridgehead atoms. The molecular weight excluding hydrogens is 350 g/mol. The van der Waals surface area contributed by atoms with Crippen molar-refractivity contribution in [1.29, 1.82) is 0 Å². The van der Waals surface area contributed by atoms with E-state index in [0.717, 1.165) is 12.3 Å². The second kappa shape index (κ2) is 9.40. The van der Waals surface area contributed by atoms with Gasteiger partial charge in [0.25, 0.3) is 11.8 Å². The molecular formula is C15H27N3O6S. The number of hydrogen-bond acceptors (Lipinski definition) is 6. The van der Waals surface area contributed by atoms with Gasteiger partial charge in [0.05, 0.1) is 0 Å². The van der Waals surface area contributed by atoms with Crippen LogP contribution in [0.2, 0.25) is 0 Å². The molecule has 0 radical (unpaired) electrons. The molecule has 3 N–H and O–H groups in total. The number of hydrazine groups is 1. The highest BCUT2D eigenvalue weighted by atomic mass is 32.2. The topological polar surface area (TPSA) is 131 Å². The van der Waals surface area contributed by atoms with Crippen LogP contribution in [-0.2, 0) is 24.2 Å². The van der Waals surface area contributed by atoms with E-state index in [2.05, 4.69) is 10.7 Å². The molecule has 0 aliphatic carbocycles. The second-order valence-corrected chi connectivity index (χ2v) is 8.87. The zero-order chi connectivity index (χ0) is 19.8. The van der Waals surface area contributed by atoms with Gasteiger partial charge in [-0.2, -0.15) is 0 Å². The average molecular weight is 377 g/mol. The summed E-state index contributed by atoms with van der Waals surface area (Å²) >= 11 is 0. The lowest BCUT2D eigenvalue weighted by Gasteiger charge is -2.24. The zero-order valence-electron chi connectivity index (χ0n) is 15.4. The standard InChI is InChI=1S/C15H27N3O6S/c1-10(2)9-11(16-14(21)24-15(3,4)5)13(20)18-17-12(19)7-8-25(6,22)23/h7-8,10-11H,9H2,1-6H3,(H,16,21)(H,17,19)(H,18,20)/b8-7+/t11-/m0/s1. The first-order chi connectivity index (χ1) is 11.2. The summed E-state index contributed by atoms with van der Waals surface area (Å²) in [6.07, 6.45) is 1.27. The molecule has 0 aliphatic rings. The maximum atomic E-state index is 12.1. The predicted octanol–water partition coefficient (Wildman–Crippen LogP) is 0.632. The highest BCUT2D eigenvalue weighted by molar-refractivity contribution is 7.93. The number of ether oxygens (including phenoxy) is 1. The summed E-state index contributed by atoms with van der Waals surface area (Å²) in [6.45, 7) is 8.81. The number of nitrogens with one attached hydrogen (secondary N) is 3. The Kier molecular flexibility index (Phi) is 8.61. The molecule has 0 saturated heterocycles. The van der Waals surface area contributed by atoms with Crippen molar-refractivity contribution in [2.24, 2.45) is 5.92 Å². The van der Waals surface area contributed by atoms with Gasteiger partial charge in [-0.15, -0.1) is 0 Å². The third kappa shape index (κ3) is 12.9. The molecule has 0 spiro atoms. The van der Waals surface area contributed by atoms with Crippen molar-refractivity contribution in [3.05, 3.63) is 11.5 Å². The highest BCUT2D eigenvalue weighted by Crippen LogP contribution is 2.09. The molecule has 0 rings (SSSR count). The minimum absolute atomic E-state index is 0.0894. The first-order valence-corrected chi connectivity index (χ1v) is 9.62. The van der Waals surface area contributed by atoms with Crippen LogP contribution >= 0.6 is 0 Å². The van der Waals surface area contributed by atoms with Gasteiger partial charge in [0.1, 0.15) is 11.6 Å². The van der Waals surface area contributed by atoms with Crippen LogP contribution in [0.25, 0.3) is 0 Å². The van der Waals surface area contributed by atoms with E-state index < -0.39 is 39.4 Å². The molecule has 0 aromatic carbocycles. The summed E-state index contributed by atoms with van der Waals surface area (Å²) in [5.41, 5.74) is 3.47. The van der Waals surface area contributed by atoms with Crippen LogP contribution in [0.15, 0.2) is 11.5 Å². The normalized spacial score (nSPS) is 13.4. The molecule has 3 amide bonds. The summed E-state index contributed by atoms with van der Waals surface area (Å²) in [4.78, 5) is 35.4. The van der Waals surface area contributed by atoms with Gasteiger partial charge < -0.3 is 10.1 Å². The summed E-state index contributed by atoms with van der Waals surface area (Å²) in [6, 6.07) is -0.922. The monoisotopic (exact) mass is 377 g/mol. The first-order valence-electron chi connectivity index (χ1n) is 7.67. The summed E-state index contributed by atoms with van der Waals surface area (Å²) in [7, 11) is -3.45. The van der Waals surface area contributed by atoms with Gasteiger partial charge in [0, 0.05) is 17.7 Å². The third-order valence-electron chi connectivity index (χ3n) is 2.49. The minimum atomic E-state index is -3.45. The van der Waals surface area contributed by atoms with E-state index in [0.29, 0.717) is 11.8 Å². The van der Waals surface area contributed by atoms with Gasteiger partial charge in [0.15, 0.2) is 9.84 Å². The molecule has 0 saturated carbocycles. The van der Waals surface area contributed by atoms with Crippen LogP contribution in [-0.4, -0.2) is 44.2 Å². The van der Waals surface area contributed by atoms with E-state index in [1.165, 1.54) is 0 Å². The maximum Gasteiger partial charge on any atom is 0.408 e. The summed E-state index contributed by atoms with van der Waals surface area (Å²) < 4.78 is 27.0. The zero-order valence-corrected chi connectivity index (χ0v) is 16.2. The Morgan fingerprint density at radius 3 is 2.12 bits per heavy atom. The van der Waals surface area contributed by atoms with Crippen LogP contribution in [0.1, 0.15) is 41.0 Å². The van der Waals surface area contributed by atoms with Crippen molar-refractivity contribution in [2.75, 3.05) is 6.26 Å². The second-order valence-electron chi connectivity index (χ2n) is 6.94. The minimum Gasteiger partial charge on any atom is -0.444 e. The number of alkyl carbamates (subject to hydrolysis) is 1. The molecule has 0 unspecified atom stereocenters. The molecule has 0 aromatic heterocycles. The highest BCUT2D eigenvalue weighted by Gasteiger charge is 2.25. The lowest BCUT2D eigenvalue weighted by molar-refractivity contribution is -0.128. The third-order valence-corrected chi connectivity index (χ3v) is 3.12. The first kappa shape index (κ1) is 22.9. The van der Waals surface area contributed by atoms with E-state index in [-0.39, 0.29) is 5.92 Å². The van der Waals surface area contributed by atoms with Gasteiger partial charge in [-0.25, -0.2) is 13.2 Å². The van der Waals surface area contributed by atoms with Crippen molar-refractivity contribution >= 4 is 27.7 Å². The molecule has 9 nitrogen and oxygen atoms in total. The molecule has 144 valence electrons. The van der Waals surface area contributed by atoms with Crippen molar-refractivity contribution in [3.8, 4) is 0 Å². The fourth-order valence-electron chi connectivity index (χ4n) is 1.59. The molecule has 0 heterocycles. The van der Waals surface area contributed by atoms with Crippen LogP contribution in [0.3, 0.4) is 0 Å².